The highest BCUT2D eigenvalue weighted by atomic mass is 16.5. The summed E-state index contributed by atoms with van der Waals surface area (Å²) in [6.07, 6.45) is 14.4. The molecule has 5 nitrogen and oxygen atoms in total. The van der Waals surface area contributed by atoms with E-state index < -0.39 is 0 Å². The zero-order valence-electron chi connectivity index (χ0n) is 18.7. The van der Waals surface area contributed by atoms with Crippen molar-refractivity contribution in [3.8, 4) is 0 Å². The minimum Gasteiger partial charge on any atom is -0.375 e. The lowest BCUT2D eigenvalue weighted by molar-refractivity contribution is -0.135. The molecule has 2 saturated heterocycles. The van der Waals surface area contributed by atoms with Crippen molar-refractivity contribution in [3.63, 3.8) is 0 Å². The quantitative estimate of drug-likeness (QED) is 0.670. The molecule has 0 bridgehead atoms. The maximum atomic E-state index is 13.4. The molecule has 3 aliphatic rings. The first-order valence-electron chi connectivity index (χ1n) is 12.2. The fraction of sp³-hybridized carbons (Fsp3) is 0.760. The molecule has 3 fully saturated rings. The van der Waals surface area contributed by atoms with Gasteiger partial charge in [0.15, 0.2) is 0 Å². The Morgan fingerprint density at radius 1 is 1.17 bits per heavy atom. The maximum absolute atomic E-state index is 13.4. The molecule has 4 rings (SSSR count). The van der Waals surface area contributed by atoms with E-state index >= 15 is 0 Å². The number of hydrogen-bond donors (Lipinski definition) is 0. The predicted octanol–water partition coefficient (Wildman–Crippen LogP) is 4.27. The van der Waals surface area contributed by atoms with E-state index in [1.54, 1.807) is 0 Å². The molecule has 1 aromatic heterocycles. The van der Waals surface area contributed by atoms with Crippen LogP contribution in [0.15, 0.2) is 24.5 Å². The average Bonchev–Trinajstić information content (AvgIpc) is 3.13. The highest BCUT2D eigenvalue weighted by molar-refractivity contribution is 5.77. The zero-order valence-corrected chi connectivity index (χ0v) is 18.7. The van der Waals surface area contributed by atoms with E-state index in [2.05, 4.69) is 21.7 Å². The highest BCUT2D eigenvalue weighted by Gasteiger charge is 2.46. The summed E-state index contributed by atoms with van der Waals surface area (Å²) in [6.45, 7) is 7.88. The Hall–Kier alpha value is -1.46. The highest BCUT2D eigenvalue weighted by Crippen LogP contribution is 2.46. The summed E-state index contributed by atoms with van der Waals surface area (Å²) in [5.74, 6) is 0.937. The predicted molar refractivity (Wildman–Crippen MR) is 119 cm³/mol. The summed E-state index contributed by atoms with van der Waals surface area (Å²) in [5, 5.41) is 0. The molecule has 1 aliphatic carbocycles. The fourth-order valence-electron chi connectivity index (χ4n) is 5.93. The Morgan fingerprint density at radius 3 is 2.60 bits per heavy atom. The van der Waals surface area contributed by atoms with Gasteiger partial charge in [-0.3, -0.25) is 9.78 Å². The second-order valence-electron chi connectivity index (χ2n) is 9.89. The molecule has 0 aromatic carbocycles. The normalized spacial score (nSPS) is 25.1. The van der Waals surface area contributed by atoms with Crippen LogP contribution in [0.25, 0.3) is 0 Å². The van der Waals surface area contributed by atoms with Crippen molar-refractivity contribution in [2.45, 2.75) is 77.4 Å². The van der Waals surface area contributed by atoms with Gasteiger partial charge >= 0.3 is 0 Å². The van der Waals surface area contributed by atoms with E-state index in [0.717, 1.165) is 44.6 Å². The number of hydrogen-bond acceptors (Lipinski definition) is 4. The Bertz CT molecular complexity index is 666. The molecule has 0 radical (unpaired) electrons. The van der Waals surface area contributed by atoms with Crippen LogP contribution in [0.2, 0.25) is 0 Å². The molecule has 3 heterocycles. The molecule has 1 spiro atoms. The number of rotatable bonds is 7. The molecule has 30 heavy (non-hydrogen) atoms. The van der Waals surface area contributed by atoms with Gasteiger partial charge in [0.05, 0.1) is 19.3 Å². The van der Waals surface area contributed by atoms with Crippen LogP contribution in [0.3, 0.4) is 0 Å². The fourth-order valence-corrected chi connectivity index (χ4v) is 5.93. The van der Waals surface area contributed by atoms with Gasteiger partial charge in [0.25, 0.3) is 0 Å². The van der Waals surface area contributed by atoms with E-state index in [4.69, 9.17) is 4.74 Å². The Kier molecular flexibility index (Phi) is 7.42. The topological polar surface area (TPSA) is 45.7 Å². The number of carbonyl (C=O) groups is 1. The Morgan fingerprint density at radius 2 is 1.90 bits per heavy atom. The van der Waals surface area contributed by atoms with Crippen LogP contribution in [0, 0.1) is 11.3 Å². The number of amides is 1. The largest absolute Gasteiger partial charge is 0.375 e. The monoisotopic (exact) mass is 413 g/mol. The van der Waals surface area contributed by atoms with E-state index in [1.807, 2.05) is 24.5 Å². The summed E-state index contributed by atoms with van der Waals surface area (Å²) in [4.78, 5) is 22.2. The van der Waals surface area contributed by atoms with Gasteiger partial charge < -0.3 is 14.5 Å². The van der Waals surface area contributed by atoms with Crippen molar-refractivity contribution < 1.29 is 9.53 Å². The van der Waals surface area contributed by atoms with Crippen molar-refractivity contribution in [1.29, 1.82) is 0 Å². The number of nitrogens with zero attached hydrogens (tertiary/aromatic N) is 3. The van der Waals surface area contributed by atoms with Crippen LogP contribution in [0.5, 0.6) is 0 Å². The lowest BCUT2D eigenvalue weighted by atomic mass is 9.73. The summed E-state index contributed by atoms with van der Waals surface area (Å²) < 4.78 is 6.11. The van der Waals surface area contributed by atoms with E-state index in [9.17, 15) is 4.79 Å². The van der Waals surface area contributed by atoms with E-state index in [1.165, 1.54) is 44.9 Å². The minimum absolute atomic E-state index is 0.244. The van der Waals surface area contributed by atoms with Crippen LogP contribution in [-0.2, 0) is 16.1 Å². The summed E-state index contributed by atoms with van der Waals surface area (Å²) in [6, 6.07) is 4.25. The van der Waals surface area contributed by atoms with Gasteiger partial charge in [0.1, 0.15) is 0 Å². The smallest absolute Gasteiger partial charge is 0.223 e. The lowest BCUT2D eigenvalue weighted by Crippen LogP contribution is -2.41. The molecule has 2 aliphatic heterocycles. The third kappa shape index (κ3) is 5.42. The second-order valence-corrected chi connectivity index (χ2v) is 9.89. The number of likely N-dealkylation sites (tertiary alicyclic amines) is 2. The number of carbonyl (C=O) groups excluding carboxylic acids is 1. The molecule has 1 amide bonds. The van der Waals surface area contributed by atoms with E-state index in [-0.39, 0.29) is 6.04 Å². The molecule has 0 N–H and O–H groups in total. The molecular weight excluding hydrogens is 374 g/mol. The Labute approximate surface area is 182 Å². The van der Waals surface area contributed by atoms with Gasteiger partial charge in [-0.15, -0.1) is 0 Å². The van der Waals surface area contributed by atoms with Gasteiger partial charge in [-0.2, -0.15) is 0 Å². The zero-order chi connectivity index (χ0) is 20.8. The van der Waals surface area contributed by atoms with Gasteiger partial charge in [0, 0.05) is 25.4 Å². The number of piperidine rings is 1. The van der Waals surface area contributed by atoms with Gasteiger partial charge in [-0.05, 0) is 80.8 Å². The molecular formula is C25H39N3O2. The molecule has 166 valence electrons. The van der Waals surface area contributed by atoms with Crippen molar-refractivity contribution in [2.75, 3.05) is 32.8 Å². The van der Waals surface area contributed by atoms with Crippen molar-refractivity contribution in [1.82, 2.24) is 14.8 Å². The molecule has 1 atom stereocenters. The first-order valence-corrected chi connectivity index (χ1v) is 12.2. The van der Waals surface area contributed by atoms with Gasteiger partial charge in [0.2, 0.25) is 5.91 Å². The van der Waals surface area contributed by atoms with Gasteiger partial charge in [-0.1, -0.05) is 26.2 Å². The summed E-state index contributed by atoms with van der Waals surface area (Å²) in [5.41, 5.74) is 1.50. The third-order valence-electron chi connectivity index (χ3n) is 7.80. The van der Waals surface area contributed by atoms with Crippen LogP contribution in [0.1, 0.15) is 70.3 Å². The molecule has 1 aromatic rings. The van der Waals surface area contributed by atoms with Crippen LogP contribution in [0.4, 0.5) is 0 Å². The SMILES string of the molecule is CCN1CCC(CC(=O)N2CC3(CCCCC3)CC2COCc2ccncc2)CC1. The first kappa shape index (κ1) is 21.8. The van der Waals surface area contributed by atoms with Crippen molar-refractivity contribution in [3.05, 3.63) is 30.1 Å². The number of aromatic nitrogens is 1. The summed E-state index contributed by atoms with van der Waals surface area (Å²) in [7, 11) is 0. The van der Waals surface area contributed by atoms with Crippen molar-refractivity contribution in [2.24, 2.45) is 11.3 Å². The van der Waals surface area contributed by atoms with Crippen LogP contribution >= 0.6 is 0 Å². The summed E-state index contributed by atoms with van der Waals surface area (Å²) >= 11 is 0. The first-order chi connectivity index (χ1) is 14.7. The molecule has 1 saturated carbocycles. The van der Waals surface area contributed by atoms with Crippen molar-refractivity contribution >= 4 is 5.91 Å². The lowest BCUT2D eigenvalue weighted by Gasteiger charge is -2.34. The standard InChI is InChI=1S/C25H39N3O2/c1-2-27-14-8-21(9-15-27)16-24(29)28-20-25(10-4-3-5-11-25)17-23(28)19-30-18-22-6-12-26-13-7-22/h6-7,12-13,21,23H,2-5,8-11,14-20H2,1H3. The van der Waals surface area contributed by atoms with E-state index in [0.29, 0.717) is 30.5 Å². The number of pyridine rings is 1. The molecule has 1 unspecified atom stereocenters. The number of ether oxygens (including phenoxy) is 1. The third-order valence-corrected chi connectivity index (χ3v) is 7.80. The van der Waals surface area contributed by atoms with Crippen LogP contribution in [-0.4, -0.2) is 59.5 Å². The molecule has 5 heteroatoms. The minimum atomic E-state index is 0.244. The van der Waals surface area contributed by atoms with Crippen LogP contribution < -0.4 is 0 Å². The average molecular weight is 414 g/mol. The van der Waals surface area contributed by atoms with Gasteiger partial charge in [-0.25, -0.2) is 0 Å². The Balaban J connectivity index is 1.35. The maximum Gasteiger partial charge on any atom is 0.223 e. The second kappa shape index (κ2) is 10.2.